The van der Waals surface area contributed by atoms with Crippen LogP contribution in [0, 0.1) is 5.41 Å². The number of amides is 1. The maximum atomic E-state index is 13.5. The van der Waals surface area contributed by atoms with E-state index in [1.807, 2.05) is 0 Å². The molecule has 2 aromatic rings. The first-order valence-electron chi connectivity index (χ1n) is 8.31. The fourth-order valence-electron chi connectivity index (χ4n) is 2.18. The summed E-state index contributed by atoms with van der Waals surface area (Å²) in [6.45, 7) is 2.52. The quantitative estimate of drug-likeness (QED) is 0.361. The average Bonchev–Trinajstić information content (AvgIpc) is 2.61. The zero-order chi connectivity index (χ0) is 20.7. The summed E-state index contributed by atoms with van der Waals surface area (Å²) in [5.41, 5.74) is 0.174. The van der Waals surface area contributed by atoms with Crippen LogP contribution in [0.25, 0.3) is 0 Å². The Morgan fingerprint density at radius 1 is 1.29 bits per heavy atom. The van der Waals surface area contributed by atoms with E-state index in [1.54, 1.807) is 0 Å². The van der Waals surface area contributed by atoms with Gasteiger partial charge in [0.15, 0.2) is 0 Å². The lowest BCUT2D eigenvalue weighted by molar-refractivity contribution is -0.114. The fraction of sp³-hybridized carbons (Fsp3) is 0.333. The molecule has 0 bridgehead atoms. The van der Waals surface area contributed by atoms with Crippen molar-refractivity contribution < 1.29 is 23.0 Å². The van der Waals surface area contributed by atoms with Crippen molar-refractivity contribution in [2.75, 3.05) is 31.0 Å². The molecule has 1 amide bonds. The number of hydrogen-bond acceptors (Lipinski definition) is 7. The van der Waals surface area contributed by atoms with Gasteiger partial charge in [-0.25, -0.2) is 9.97 Å². The molecule has 3 N–H and O–H groups in total. The van der Waals surface area contributed by atoms with E-state index in [-0.39, 0.29) is 42.2 Å². The Kier molecular flexibility index (Phi) is 6.94. The Morgan fingerprint density at radius 3 is 2.68 bits per heavy atom. The third kappa shape index (κ3) is 5.95. The first kappa shape index (κ1) is 21.2. The molecule has 0 radical (unpaired) electrons. The Morgan fingerprint density at radius 2 is 2.04 bits per heavy atom. The Balaban J connectivity index is 2.35. The molecule has 0 aliphatic carbocycles. The van der Waals surface area contributed by atoms with Gasteiger partial charge in [-0.3, -0.25) is 10.2 Å². The molecule has 0 unspecified atom stereocenters. The van der Waals surface area contributed by atoms with E-state index in [0.29, 0.717) is 5.69 Å². The minimum absolute atomic E-state index is 0.143. The zero-order valence-electron chi connectivity index (χ0n) is 15.7. The molecule has 0 aromatic carbocycles. The second kappa shape index (κ2) is 9.18. The van der Waals surface area contributed by atoms with E-state index in [2.05, 4.69) is 20.6 Å². The molecule has 0 aliphatic heterocycles. The summed E-state index contributed by atoms with van der Waals surface area (Å²) < 4.78 is 37.3. The van der Waals surface area contributed by atoms with E-state index < -0.39 is 11.6 Å². The van der Waals surface area contributed by atoms with Crippen LogP contribution in [0.2, 0.25) is 0 Å². The van der Waals surface area contributed by atoms with Crippen LogP contribution in [0.15, 0.2) is 30.5 Å². The van der Waals surface area contributed by atoms with E-state index in [1.165, 1.54) is 44.5 Å². The summed E-state index contributed by atoms with van der Waals surface area (Å²) in [7, 11) is 1.51. The van der Waals surface area contributed by atoms with Crippen LogP contribution >= 0.6 is 0 Å². The van der Waals surface area contributed by atoms with E-state index in [9.17, 15) is 13.6 Å². The van der Waals surface area contributed by atoms with E-state index in [0.717, 1.165) is 6.92 Å². The van der Waals surface area contributed by atoms with Gasteiger partial charge in [-0.15, -0.1) is 0 Å². The maximum Gasteiger partial charge on any atom is 0.287 e. The number of methoxy groups -OCH3 is 1. The number of aromatic nitrogens is 2. The fourth-order valence-corrected chi connectivity index (χ4v) is 2.18. The zero-order valence-corrected chi connectivity index (χ0v) is 15.7. The molecule has 8 nitrogen and oxygen atoms in total. The van der Waals surface area contributed by atoms with Crippen LogP contribution in [-0.4, -0.2) is 42.1 Å². The summed E-state index contributed by atoms with van der Waals surface area (Å²) >= 11 is 0. The number of anilines is 3. The molecule has 28 heavy (non-hydrogen) atoms. The minimum Gasteiger partial charge on any atom is -0.475 e. The first-order chi connectivity index (χ1) is 13.2. The Hall–Kier alpha value is -3.14. The lowest BCUT2D eigenvalue weighted by Gasteiger charge is -2.16. The highest BCUT2D eigenvalue weighted by Gasteiger charge is 2.26. The van der Waals surface area contributed by atoms with Crippen molar-refractivity contribution >= 4 is 29.1 Å². The maximum absolute atomic E-state index is 13.5. The lowest BCUT2D eigenvalue weighted by atomic mass is 10.2. The van der Waals surface area contributed by atoms with Crippen molar-refractivity contribution in [3.63, 3.8) is 0 Å². The van der Waals surface area contributed by atoms with Crippen molar-refractivity contribution in [3.8, 4) is 0 Å². The standard InChI is InChI=1S/C18H21F2N5O3/c1-11(26)23-16-9-13(12(10-22-16)17(21)28-8-7-27-3)24-15-6-4-5-14(25-15)18(2,19)20/h4-6,9-10,21H,7-8H2,1-3H3,(H2,22,23,24,25,26). The summed E-state index contributed by atoms with van der Waals surface area (Å²) in [5, 5.41) is 13.5. The van der Waals surface area contributed by atoms with Gasteiger partial charge >= 0.3 is 0 Å². The monoisotopic (exact) mass is 393 g/mol. The molecule has 0 saturated carbocycles. The molecule has 2 aromatic heterocycles. The second-order valence-corrected chi connectivity index (χ2v) is 5.89. The van der Waals surface area contributed by atoms with Gasteiger partial charge in [-0.05, 0) is 12.1 Å². The molecule has 2 rings (SSSR count). The van der Waals surface area contributed by atoms with Gasteiger partial charge in [0, 0.05) is 33.2 Å². The molecular weight excluding hydrogens is 372 g/mol. The van der Waals surface area contributed by atoms with Crippen LogP contribution in [0.3, 0.4) is 0 Å². The molecule has 0 fully saturated rings. The smallest absolute Gasteiger partial charge is 0.287 e. The number of carbonyl (C=O) groups is 1. The van der Waals surface area contributed by atoms with Crippen molar-refractivity contribution in [1.29, 1.82) is 5.41 Å². The van der Waals surface area contributed by atoms with Crippen molar-refractivity contribution in [2.45, 2.75) is 19.8 Å². The number of hydrogen-bond donors (Lipinski definition) is 3. The highest BCUT2D eigenvalue weighted by molar-refractivity contribution is 5.99. The lowest BCUT2D eigenvalue weighted by Crippen LogP contribution is -2.15. The normalized spacial score (nSPS) is 11.0. The molecule has 10 heteroatoms. The van der Waals surface area contributed by atoms with Gasteiger partial charge in [0.2, 0.25) is 11.8 Å². The predicted molar refractivity (Wildman–Crippen MR) is 100 cm³/mol. The molecular formula is C18H21F2N5O3. The van der Waals surface area contributed by atoms with Crippen molar-refractivity contribution in [3.05, 3.63) is 41.7 Å². The predicted octanol–water partition coefficient (Wildman–Crippen LogP) is 3.28. The number of nitrogens with one attached hydrogen (secondary N) is 3. The Bertz CT molecular complexity index is 855. The number of ether oxygens (including phenoxy) is 2. The minimum atomic E-state index is -3.10. The first-order valence-corrected chi connectivity index (χ1v) is 8.31. The molecule has 2 heterocycles. The summed E-state index contributed by atoms with van der Waals surface area (Å²) in [6.07, 6.45) is 1.33. The number of halogens is 2. The van der Waals surface area contributed by atoms with Crippen LogP contribution < -0.4 is 10.6 Å². The van der Waals surface area contributed by atoms with E-state index >= 15 is 0 Å². The third-order valence-corrected chi connectivity index (χ3v) is 3.45. The molecule has 0 aliphatic rings. The summed E-state index contributed by atoms with van der Waals surface area (Å²) in [4.78, 5) is 19.3. The highest BCUT2D eigenvalue weighted by Crippen LogP contribution is 2.28. The third-order valence-electron chi connectivity index (χ3n) is 3.45. The Labute approximate surface area is 160 Å². The van der Waals surface area contributed by atoms with Crippen LogP contribution in [0.1, 0.15) is 25.1 Å². The van der Waals surface area contributed by atoms with Gasteiger partial charge in [0.05, 0.1) is 17.9 Å². The SMILES string of the molecule is COCCOC(=N)c1cnc(NC(C)=O)cc1Nc1cccc(C(C)(F)F)n1. The molecule has 150 valence electrons. The number of alkyl halides is 2. The number of carbonyl (C=O) groups excluding carboxylic acids is 1. The molecule has 0 atom stereocenters. The number of rotatable bonds is 8. The van der Waals surface area contributed by atoms with Gasteiger partial charge in [0.25, 0.3) is 5.92 Å². The topological polar surface area (TPSA) is 109 Å². The second-order valence-electron chi connectivity index (χ2n) is 5.89. The molecule has 0 saturated heterocycles. The van der Waals surface area contributed by atoms with Gasteiger partial charge in [-0.1, -0.05) is 6.07 Å². The number of nitrogens with zero attached hydrogens (tertiary/aromatic N) is 2. The van der Waals surface area contributed by atoms with Crippen LogP contribution in [0.4, 0.5) is 26.1 Å². The average molecular weight is 393 g/mol. The van der Waals surface area contributed by atoms with Crippen molar-refractivity contribution in [2.24, 2.45) is 0 Å². The molecule has 0 spiro atoms. The summed E-state index contributed by atoms with van der Waals surface area (Å²) in [6, 6.07) is 5.63. The van der Waals surface area contributed by atoms with Gasteiger partial charge in [0.1, 0.15) is 23.9 Å². The van der Waals surface area contributed by atoms with Crippen LogP contribution in [-0.2, 0) is 20.2 Å². The highest BCUT2D eigenvalue weighted by atomic mass is 19.3. The van der Waals surface area contributed by atoms with Crippen molar-refractivity contribution in [1.82, 2.24) is 9.97 Å². The van der Waals surface area contributed by atoms with Gasteiger partial charge in [-0.2, -0.15) is 8.78 Å². The summed E-state index contributed by atoms with van der Waals surface area (Å²) in [5.74, 6) is -3.26. The largest absolute Gasteiger partial charge is 0.475 e. The number of pyridine rings is 2. The van der Waals surface area contributed by atoms with Crippen LogP contribution in [0.5, 0.6) is 0 Å². The van der Waals surface area contributed by atoms with E-state index in [4.69, 9.17) is 14.9 Å². The van der Waals surface area contributed by atoms with Gasteiger partial charge < -0.3 is 20.1 Å².